The molecule has 3 aliphatic rings. The number of fused-ring (bicyclic) bond motifs is 13. The van der Waals surface area contributed by atoms with Gasteiger partial charge in [0, 0.05) is 33.0 Å². The maximum absolute atomic E-state index is 6.39. The fourth-order valence-electron chi connectivity index (χ4n) is 7.48. The van der Waals surface area contributed by atoms with Gasteiger partial charge in [-0.2, -0.15) is 0 Å². The summed E-state index contributed by atoms with van der Waals surface area (Å²) < 4.78 is 6.39. The molecule has 0 amide bonds. The standard InChI is InChI=1S/C41H26N2O/c1-2-12-29-25(9-1)19-21-33-39(29)34-24-27(20-22-36(34)43-37-17-5-4-16-35(37)42-41(33)43)26-10-7-11-28(23-26)30-14-8-15-32-31-13-3-6-18-38(31)44-40(30)32/h1-24,35,37H. The lowest BCUT2D eigenvalue weighted by molar-refractivity contribution is 0.670. The summed E-state index contributed by atoms with van der Waals surface area (Å²) >= 11 is 0. The van der Waals surface area contributed by atoms with E-state index in [2.05, 4.69) is 138 Å². The van der Waals surface area contributed by atoms with Gasteiger partial charge in [-0.15, -0.1) is 0 Å². The summed E-state index contributed by atoms with van der Waals surface area (Å²) in [5, 5.41) is 4.80. The van der Waals surface area contributed by atoms with Gasteiger partial charge in [0.15, 0.2) is 0 Å². The van der Waals surface area contributed by atoms with Crippen LogP contribution in [-0.2, 0) is 0 Å². The maximum Gasteiger partial charge on any atom is 0.143 e. The lowest BCUT2D eigenvalue weighted by Gasteiger charge is -2.35. The summed E-state index contributed by atoms with van der Waals surface area (Å²) in [4.78, 5) is 7.69. The van der Waals surface area contributed by atoms with E-state index in [1.54, 1.807) is 0 Å². The van der Waals surface area contributed by atoms with E-state index in [4.69, 9.17) is 9.41 Å². The first kappa shape index (κ1) is 23.8. The number of benzene rings is 6. The largest absolute Gasteiger partial charge is 0.455 e. The van der Waals surface area contributed by atoms with Crippen molar-refractivity contribution in [2.75, 3.05) is 4.90 Å². The average Bonchev–Trinajstić information content (AvgIpc) is 3.67. The Kier molecular flexibility index (Phi) is 4.83. The molecule has 0 N–H and O–H groups in total. The van der Waals surface area contributed by atoms with Crippen molar-refractivity contribution in [2.24, 2.45) is 4.99 Å². The van der Waals surface area contributed by atoms with Crippen molar-refractivity contribution in [3.05, 3.63) is 151 Å². The topological polar surface area (TPSA) is 28.7 Å². The second-order valence-electron chi connectivity index (χ2n) is 11.9. The lowest BCUT2D eigenvalue weighted by atomic mass is 9.86. The van der Waals surface area contributed by atoms with E-state index in [0.717, 1.165) is 38.9 Å². The maximum atomic E-state index is 6.39. The van der Waals surface area contributed by atoms with Gasteiger partial charge >= 0.3 is 0 Å². The minimum atomic E-state index is 0.123. The molecule has 2 unspecified atom stereocenters. The lowest BCUT2D eigenvalue weighted by Crippen LogP contribution is -2.41. The zero-order valence-electron chi connectivity index (χ0n) is 23.8. The van der Waals surface area contributed by atoms with Crippen LogP contribution in [0.5, 0.6) is 0 Å². The van der Waals surface area contributed by atoms with Crippen molar-refractivity contribution >= 4 is 44.2 Å². The normalized spacial score (nSPS) is 17.9. The molecule has 0 bridgehead atoms. The number of nitrogens with zero attached hydrogens (tertiary/aromatic N) is 2. The molecule has 3 heteroatoms. The van der Waals surface area contributed by atoms with Crippen LogP contribution in [-0.4, -0.2) is 17.9 Å². The van der Waals surface area contributed by atoms with Crippen LogP contribution in [0.3, 0.4) is 0 Å². The zero-order valence-corrected chi connectivity index (χ0v) is 23.8. The first-order valence-corrected chi connectivity index (χ1v) is 15.2. The number of anilines is 1. The van der Waals surface area contributed by atoms with Crippen molar-refractivity contribution in [1.82, 2.24) is 0 Å². The molecule has 1 aromatic heterocycles. The quantitative estimate of drug-likeness (QED) is 0.210. The Hall–Kier alpha value is -5.67. The summed E-state index contributed by atoms with van der Waals surface area (Å²) in [6.07, 6.45) is 8.78. The minimum Gasteiger partial charge on any atom is -0.455 e. The molecule has 0 spiro atoms. The van der Waals surface area contributed by atoms with E-state index >= 15 is 0 Å². The highest BCUT2D eigenvalue weighted by Crippen LogP contribution is 2.48. The summed E-state index contributed by atoms with van der Waals surface area (Å²) in [7, 11) is 0. The summed E-state index contributed by atoms with van der Waals surface area (Å²) in [5.41, 5.74) is 11.4. The van der Waals surface area contributed by atoms with Crippen LogP contribution < -0.4 is 4.90 Å². The van der Waals surface area contributed by atoms with Crippen molar-refractivity contribution in [2.45, 2.75) is 12.1 Å². The van der Waals surface area contributed by atoms with Gasteiger partial charge < -0.3 is 9.32 Å². The summed E-state index contributed by atoms with van der Waals surface area (Å²) in [6.45, 7) is 0. The Morgan fingerprint density at radius 3 is 2.34 bits per heavy atom. The molecule has 10 rings (SSSR count). The number of allylic oxidation sites excluding steroid dienone is 2. The summed E-state index contributed by atoms with van der Waals surface area (Å²) in [6, 6.07) is 44.0. The van der Waals surface area contributed by atoms with Crippen molar-refractivity contribution in [3.8, 4) is 33.4 Å². The van der Waals surface area contributed by atoms with Crippen LogP contribution in [0.2, 0.25) is 0 Å². The average molecular weight is 563 g/mol. The van der Waals surface area contributed by atoms with E-state index in [1.165, 1.54) is 44.3 Å². The van der Waals surface area contributed by atoms with Crippen LogP contribution in [0.4, 0.5) is 5.69 Å². The molecule has 0 saturated heterocycles. The van der Waals surface area contributed by atoms with Gasteiger partial charge in [0.05, 0.1) is 17.8 Å². The Labute approximate surface area is 254 Å². The molecule has 6 aromatic carbocycles. The highest BCUT2D eigenvalue weighted by atomic mass is 16.3. The second kappa shape index (κ2) is 8.92. The number of amidine groups is 1. The third-order valence-corrected chi connectivity index (χ3v) is 9.48. The number of aliphatic imine (C=N–C) groups is 1. The first-order valence-electron chi connectivity index (χ1n) is 15.2. The van der Waals surface area contributed by atoms with E-state index in [9.17, 15) is 0 Å². The van der Waals surface area contributed by atoms with Crippen molar-refractivity contribution in [3.63, 3.8) is 0 Å². The van der Waals surface area contributed by atoms with Gasteiger partial charge in [0.25, 0.3) is 0 Å². The van der Waals surface area contributed by atoms with E-state index in [-0.39, 0.29) is 12.1 Å². The smallest absolute Gasteiger partial charge is 0.143 e. The first-order chi connectivity index (χ1) is 21.8. The third kappa shape index (κ3) is 3.29. The monoisotopic (exact) mass is 562 g/mol. The molecule has 3 nitrogen and oxygen atoms in total. The second-order valence-corrected chi connectivity index (χ2v) is 11.9. The number of hydrogen-bond acceptors (Lipinski definition) is 3. The van der Waals surface area contributed by atoms with E-state index in [0.29, 0.717) is 0 Å². The molecule has 3 heterocycles. The molecule has 2 aliphatic heterocycles. The van der Waals surface area contributed by atoms with Gasteiger partial charge in [-0.1, -0.05) is 121 Å². The van der Waals surface area contributed by atoms with Crippen LogP contribution in [0.1, 0.15) is 5.56 Å². The predicted molar refractivity (Wildman–Crippen MR) is 182 cm³/mol. The molecule has 0 radical (unpaired) electrons. The number of rotatable bonds is 2. The van der Waals surface area contributed by atoms with Crippen molar-refractivity contribution < 1.29 is 4.42 Å². The zero-order chi connectivity index (χ0) is 28.8. The van der Waals surface area contributed by atoms with Crippen LogP contribution in [0, 0.1) is 0 Å². The molecular weight excluding hydrogens is 536 g/mol. The highest BCUT2D eigenvalue weighted by molar-refractivity contribution is 6.25. The molecule has 0 fully saturated rings. The van der Waals surface area contributed by atoms with Gasteiger partial charge in [0.2, 0.25) is 0 Å². The Morgan fingerprint density at radius 1 is 0.568 bits per heavy atom. The number of para-hydroxylation sites is 2. The third-order valence-electron chi connectivity index (χ3n) is 9.48. The van der Waals surface area contributed by atoms with Crippen LogP contribution in [0.25, 0.3) is 66.1 Å². The Balaban J connectivity index is 1.17. The molecule has 2 atom stereocenters. The van der Waals surface area contributed by atoms with Crippen molar-refractivity contribution in [1.29, 1.82) is 0 Å². The number of furan rings is 1. The van der Waals surface area contributed by atoms with E-state index in [1.807, 2.05) is 12.1 Å². The number of hydrogen-bond donors (Lipinski definition) is 0. The van der Waals surface area contributed by atoms with Gasteiger partial charge in [-0.05, 0) is 51.7 Å². The molecular formula is C41H26N2O. The molecule has 206 valence electrons. The van der Waals surface area contributed by atoms with Crippen LogP contribution >= 0.6 is 0 Å². The fraction of sp³-hybridized carbons (Fsp3) is 0.0488. The Morgan fingerprint density at radius 2 is 1.36 bits per heavy atom. The van der Waals surface area contributed by atoms with Crippen LogP contribution in [0.15, 0.2) is 155 Å². The molecule has 0 saturated carbocycles. The summed E-state index contributed by atoms with van der Waals surface area (Å²) in [5.74, 6) is 1.07. The van der Waals surface area contributed by atoms with Gasteiger partial charge in [-0.3, -0.25) is 4.99 Å². The molecule has 1 aliphatic carbocycles. The minimum absolute atomic E-state index is 0.123. The van der Waals surface area contributed by atoms with Gasteiger partial charge in [-0.25, -0.2) is 0 Å². The van der Waals surface area contributed by atoms with Gasteiger partial charge in [0.1, 0.15) is 17.0 Å². The Bertz CT molecular complexity index is 2420. The molecule has 44 heavy (non-hydrogen) atoms. The molecule has 7 aromatic rings. The van der Waals surface area contributed by atoms with E-state index < -0.39 is 0 Å². The predicted octanol–water partition coefficient (Wildman–Crippen LogP) is 10.2. The fourth-order valence-corrected chi connectivity index (χ4v) is 7.48. The SMILES string of the molecule is C1=CC2N=C3c4ccc5ccccc5c4-c4cc(-c5cccc(-c6cccc7c6oc6ccccc67)c5)ccc4N3C2C=C1. The highest BCUT2D eigenvalue weighted by Gasteiger charge is 2.41.